The van der Waals surface area contributed by atoms with E-state index in [1.807, 2.05) is 23.2 Å². The summed E-state index contributed by atoms with van der Waals surface area (Å²) in [5.41, 5.74) is 0.865. The maximum Gasteiger partial charge on any atom is 0.270 e. The minimum atomic E-state index is 0.193. The molecule has 1 aromatic rings. The van der Waals surface area contributed by atoms with E-state index in [2.05, 4.69) is 9.88 Å². The molecule has 1 saturated heterocycles. The number of nitrogens with one attached hydrogen (secondary N) is 1. The van der Waals surface area contributed by atoms with Gasteiger partial charge in [-0.3, -0.25) is 4.79 Å². The molecule has 0 radical (unpaired) electrons. The second kappa shape index (κ2) is 3.94. The number of rotatable bonds is 2. The molecule has 4 nitrogen and oxygen atoms in total. The van der Waals surface area contributed by atoms with Crippen molar-refractivity contribution in [2.24, 2.45) is 0 Å². The van der Waals surface area contributed by atoms with Crippen LogP contribution in [0.1, 0.15) is 29.4 Å². The van der Waals surface area contributed by atoms with Gasteiger partial charge in [0.15, 0.2) is 0 Å². The lowest BCUT2D eigenvalue weighted by atomic mass is 10.3. The Morgan fingerprint density at radius 3 is 2.75 bits per heavy atom. The molecule has 4 heteroatoms. The molecule has 0 unspecified atom stereocenters. The molecule has 2 aliphatic rings. The van der Waals surface area contributed by atoms with Crippen molar-refractivity contribution in [3.05, 3.63) is 24.0 Å². The Balaban J connectivity index is 1.79. The van der Waals surface area contributed by atoms with Crippen molar-refractivity contribution in [3.8, 4) is 0 Å². The van der Waals surface area contributed by atoms with E-state index in [1.54, 1.807) is 0 Å². The summed E-state index contributed by atoms with van der Waals surface area (Å²) in [5.74, 6) is 0.193. The Labute approximate surface area is 95.2 Å². The summed E-state index contributed by atoms with van der Waals surface area (Å²) in [4.78, 5) is 14.2. The van der Waals surface area contributed by atoms with E-state index in [4.69, 9.17) is 0 Å². The number of amides is 1. The van der Waals surface area contributed by atoms with Crippen molar-refractivity contribution in [1.82, 2.24) is 14.8 Å². The van der Waals surface area contributed by atoms with E-state index >= 15 is 0 Å². The second-order valence-corrected chi connectivity index (χ2v) is 4.57. The Bertz CT molecular complexity index is 389. The third-order valence-electron chi connectivity index (χ3n) is 3.34. The lowest BCUT2D eigenvalue weighted by Gasteiger charge is -2.27. The highest BCUT2D eigenvalue weighted by Gasteiger charge is 2.28. The van der Waals surface area contributed by atoms with Gasteiger partial charge in [-0.2, -0.15) is 0 Å². The van der Waals surface area contributed by atoms with Crippen LogP contribution in [0, 0.1) is 0 Å². The number of piperazine rings is 1. The fourth-order valence-corrected chi connectivity index (χ4v) is 2.28. The lowest BCUT2D eigenvalue weighted by Crippen LogP contribution is -2.46. The van der Waals surface area contributed by atoms with Crippen LogP contribution in [0.15, 0.2) is 18.3 Å². The summed E-state index contributed by atoms with van der Waals surface area (Å²) in [6.45, 7) is 3.48. The first kappa shape index (κ1) is 9.90. The van der Waals surface area contributed by atoms with Gasteiger partial charge in [-0.1, -0.05) is 0 Å². The molecule has 3 rings (SSSR count). The maximum atomic E-state index is 12.3. The number of nitrogens with zero attached hydrogens (tertiary/aromatic N) is 2. The molecule has 86 valence electrons. The first-order valence-corrected chi connectivity index (χ1v) is 6.03. The second-order valence-electron chi connectivity index (χ2n) is 4.57. The summed E-state index contributed by atoms with van der Waals surface area (Å²) < 4.78 is 2.14. The Kier molecular flexibility index (Phi) is 2.44. The number of hydrogen-bond acceptors (Lipinski definition) is 2. The van der Waals surface area contributed by atoms with Crippen LogP contribution >= 0.6 is 0 Å². The fourth-order valence-electron chi connectivity index (χ4n) is 2.28. The third-order valence-corrected chi connectivity index (χ3v) is 3.34. The van der Waals surface area contributed by atoms with Crippen LogP contribution in [0.4, 0.5) is 0 Å². The summed E-state index contributed by atoms with van der Waals surface area (Å²) in [6, 6.07) is 4.51. The minimum absolute atomic E-state index is 0.193. The molecule has 1 aliphatic carbocycles. The highest BCUT2D eigenvalue weighted by Crippen LogP contribution is 2.36. The molecule has 1 aliphatic heterocycles. The molecular weight excluding hydrogens is 202 g/mol. The molecule has 1 N–H and O–H groups in total. The van der Waals surface area contributed by atoms with Gasteiger partial charge in [-0.15, -0.1) is 0 Å². The largest absolute Gasteiger partial charge is 0.340 e. The van der Waals surface area contributed by atoms with Crippen molar-refractivity contribution < 1.29 is 4.79 Å². The van der Waals surface area contributed by atoms with Gasteiger partial charge in [0.2, 0.25) is 0 Å². The predicted octanol–water partition coefficient (Wildman–Crippen LogP) is 0.868. The first-order chi connectivity index (χ1) is 7.86. The zero-order valence-corrected chi connectivity index (χ0v) is 9.35. The van der Waals surface area contributed by atoms with Gasteiger partial charge in [0, 0.05) is 38.4 Å². The average molecular weight is 219 g/mol. The van der Waals surface area contributed by atoms with Crippen molar-refractivity contribution in [3.63, 3.8) is 0 Å². The van der Waals surface area contributed by atoms with E-state index in [1.165, 1.54) is 12.8 Å². The smallest absolute Gasteiger partial charge is 0.270 e. The topological polar surface area (TPSA) is 37.3 Å². The van der Waals surface area contributed by atoms with Crippen LogP contribution in [-0.2, 0) is 0 Å². The van der Waals surface area contributed by atoms with Crippen LogP contribution < -0.4 is 5.32 Å². The Morgan fingerprint density at radius 2 is 2.06 bits per heavy atom. The molecule has 0 aromatic carbocycles. The standard InChI is InChI=1S/C12H17N3O/c16-12(14-8-5-13-6-9-14)11-2-1-7-15(11)10-3-4-10/h1-2,7,10,13H,3-6,8-9H2. The van der Waals surface area contributed by atoms with E-state index in [9.17, 15) is 4.79 Å². The quantitative estimate of drug-likeness (QED) is 0.801. The third kappa shape index (κ3) is 1.73. The van der Waals surface area contributed by atoms with E-state index in [0.717, 1.165) is 31.9 Å². The molecule has 0 bridgehead atoms. The molecule has 1 saturated carbocycles. The Hall–Kier alpha value is -1.29. The van der Waals surface area contributed by atoms with Crippen LogP contribution in [0.2, 0.25) is 0 Å². The molecule has 0 atom stereocenters. The number of aromatic nitrogens is 1. The van der Waals surface area contributed by atoms with E-state index < -0.39 is 0 Å². The SMILES string of the molecule is O=C(c1cccn1C1CC1)N1CCNCC1. The van der Waals surface area contributed by atoms with Gasteiger partial charge in [0.25, 0.3) is 5.91 Å². The summed E-state index contributed by atoms with van der Waals surface area (Å²) in [6.07, 6.45) is 4.47. The Morgan fingerprint density at radius 1 is 1.31 bits per heavy atom. The summed E-state index contributed by atoms with van der Waals surface area (Å²) in [7, 11) is 0. The van der Waals surface area contributed by atoms with Gasteiger partial charge in [0.05, 0.1) is 0 Å². The highest BCUT2D eigenvalue weighted by atomic mass is 16.2. The predicted molar refractivity (Wildman–Crippen MR) is 61.5 cm³/mol. The van der Waals surface area contributed by atoms with Crippen LogP contribution in [0.3, 0.4) is 0 Å². The first-order valence-electron chi connectivity index (χ1n) is 6.03. The molecule has 2 fully saturated rings. The number of hydrogen-bond donors (Lipinski definition) is 1. The maximum absolute atomic E-state index is 12.3. The number of carbonyl (C=O) groups is 1. The van der Waals surface area contributed by atoms with Crippen molar-refractivity contribution >= 4 is 5.91 Å². The normalized spacial score (nSPS) is 21.1. The van der Waals surface area contributed by atoms with Crippen molar-refractivity contribution in [1.29, 1.82) is 0 Å². The zero-order chi connectivity index (χ0) is 11.0. The highest BCUT2D eigenvalue weighted by molar-refractivity contribution is 5.93. The molecule has 0 spiro atoms. The van der Waals surface area contributed by atoms with Gasteiger partial charge in [0.1, 0.15) is 5.69 Å². The molecule has 1 amide bonds. The fraction of sp³-hybridized carbons (Fsp3) is 0.583. The number of carbonyl (C=O) groups excluding carboxylic acids is 1. The van der Waals surface area contributed by atoms with E-state index in [0.29, 0.717) is 6.04 Å². The molecule has 16 heavy (non-hydrogen) atoms. The van der Waals surface area contributed by atoms with Crippen LogP contribution in [0.5, 0.6) is 0 Å². The van der Waals surface area contributed by atoms with Crippen molar-refractivity contribution in [2.45, 2.75) is 18.9 Å². The minimum Gasteiger partial charge on any atom is -0.340 e. The molecular formula is C12H17N3O. The van der Waals surface area contributed by atoms with E-state index in [-0.39, 0.29) is 5.91 Å². The average Bonchev–Trinajstić information content (AvgIpc) is 3.07. The van der Waals surface area contributed by atoms with Gasteiger partial charge in [-0.25, -0.2) is 0 Å². The zero-order valence-electron chi connectivity index (χ0n) is 9.35. The van der Waals surface area contributed by atoms with Gasteiger partial charge >= 0.3 is 0 Å². The molecule has 2 heterocycles. The van der Waals surface area contributed by atoms with Gasteiger partial charge in [-0.05, 0) is 25.0 Å². The summed E-state index contributed by atoms with van der Waals surface area (Å²) >= 11 is 0. The van der Waals surface area contributed by atoms with Gasteiger partial charge < -0.3 is 14.8 Å². The van der Waals surface area contributed by atoms with Crippen molar-refractivity contribution in [2.75, 3.05) is 26.2 Å². The monoisotopic (exact) mass is 219 g/mol. The molecule has 1 aromatic heterocycles. The van der Waals surface area contributed by atoms with Crippen LogP contribution in [-0.4, -0.2) is 41.6 Å². The summed E-state index contributed by atoms with van der Waals surface area (Å²) in [5, 5.41) is 3.26. The lowest BCUT2D eigenvalue weighted by molar-refractivity contribution is 0.0724. The van der Waals surface area contributed by atoms with Crippen LogP contribution in [0.25, 0.3) is 0 Å².